The van der Waals surface area contributed by atoms with Gasteiger partial charge >= 0.3 is 5.97 Å². The lowest BCUT2D eigenvalue weighted by Gasteiger charge is -2.11. The van der Waals surface area contributed by atoms with Gasteiger partial charge in [0, 0.05) is 17.2 Å². The van der Waals surface area contributed by atoms with E-state index in [1.165, 1.54) is 18.3 Å². The number of esters is 1. The smallest absolute Gasteiger partial charge is 0.308 e. The maximum atomic E-state index is 12.2. The van der Waals surface area contributed by atoms with Gasteiger partial charge in [0.1, 0.15) is 10.8 Å². The molecule has 1 aromatic heterocycles. The van der Waals surface area contributed by atoms with E-state index in [1.807, 2.05) is 38.1 Å². The standard InChI is InChI=1S/C18H15NO3S/c1-10-9-15(22-12(3)20)11(2)8-14(10)18-19-17(21)13-6-4-5-7-16(13)23-18/h4-9H,1-3H3. The fourth-order valence-corrected chi connectivity index (χ4v) is 3.49. The maximum Gasteiger partial charge on any atom is 0.308 e. The van der Waals surface area contributed by atoms with Crippen LogP contribution in [-0.2, 0) is 4.79 Å². The number of aromatic nitrogens is 1. The van der Waals surface area contributed by atoms with Crippen LogP contribution >= 0.6 is 11.3 Å². The highest BCUT2D eigenvalue weighted by Gasteiger charge is 2.12. The van der Waals surface area contributed by atoms with Crippen LogP contribution in [0.25, 0.3) is 20.7 Å². The third-order valence-electron chi connectivity index (χ3n) is 3.53. The van der Waals surface area contributed by atoms with E-state index in [2.05, 4.69) is 4.98 Å². The molecule has 4 nitrogen and oxygen atoms in total. The van der Waals surface area contributed by atoms with E-state index in [0.717, 1.165) is 21.4 Å². The fourth-order valence-electron chi connectivity index (χ4n) is 2.41. The Bertz CT molecular complexity index is 976. The summed E-state index contributed by atoms with van der Waals surface area (Å²) in [6, 6.07) is 11.2. The van der Waals surface area contributed by atoms with Crippen molar-refractivity contribution in [2.24, 2.45) is 0 Å². The molecule has 0 unspecified atom stereocenters. The molecule has 116 valence electrons. The lowest BCUT2D eigenvalue weighted by molar-refractivity contribution is -0.131. The van der Waals surface area contributed by atoms with Crippen molar-refractivity contribution in [3.8, 4) is 16.3 Å². The monoisotopic (exact) mass is 325 g/mol. The van der Waals surface area contributed by atoms with Gasteiger partial charge < -0.3 is 4.74 Å². The Morgan fingerprint density at radius 3 is 2.61 bits per heavy atom. The van der Waals surface area contributed by atoms with E-state index in [-0.39, 0.29) is 11.5 Å². The average Bonchev–Trinajstić information content (AvgIpc) is 2.50. The summed E-state index contributed by atoms with van der Waals surface area (Å²) in [5, 5.41) is 1.30. The van der Waals surface area contributed by atoms with E-state index < -0.39 is 0 Å². The molecular formula is C18H15NO3S. The lowest BCUT2D eigenvalue weighted by Crippen LogP contribution is -2.07. The van der Waals surface area contributed by atoms with Gasteiger partial charge in [-0.25, -0.2) is 0 Å². The van der Waals surface area contributed by atoms with Crippen LogP contribution in [0.2, 0.25) is 0 Å². The zero-order chi connectivity index (χ0) is 16.6. The molecule has 0 amide bonds. The SMILES string of the molecule is CC(=O)Oc1cc(C)c(-c2nc(=O)c3ccccc3s2)cc1C. The Labute approximate surface area is 137 Å². The molecule has 0 aliphatic rings. The molecule has 0 spiro atoms. The van der Waals surface area contributed by atoms with Crippen LogP contribution in [0.5, 0.6) is 5.75 Å². The van der Waals surface area contributed by atoms with Crippen molar-refractivity contribution in [3.05, 3.63) is 57.9 Å². The van der Waals surface area contributed by atoms with Gasteiger partial charge in [0.2, 0.25) is 0 Å². The molecule has 23 heavy (non-hydrogen) atoms. The molecule has 0 aliphatic carbocycles. The largest absolute Gasteiger partial charge is 0.426 e. The average molecular weight is 325 g/mol. The predicted molar refractivity (Wildman–Crippen MR) is 92.1 cm³/mol. The van der Waals surface area contributed by atoms with Crippen LogP contribution in [0.15, 0.2) is 41.2 Å². The van der Waals surface area contributed by atoms with Gasteiger partial charge in [-0.2, -0.15) is 4.98 Å². The first kappa shape index (κ1) is 15.4. The van der Waals surface area contributed by atoms with Crippen LogP contribution in [0, 0.1) is 13.8 Å². The first-order valence-electron chi connectivity index (χ1n) is 7.15. The molecule has 0 saturated carbocycles. The summed E-state index contributed by atoms with van der Waals surface area (Å²) in [7, 11) is 0. The predicted octanol–water partition coefficient (Wildman–Crippen LogP) is 3.87. The first-order chi connectivity index (χ1) is 11.0. The van der Waals surface area contributed by atoms with Crippen LogP contribution in [0.1, 0.15) is 18.1 Å². The Balaban J connectivity index is 2.17. The second-order valence-corrected chi connectivity index (χ2v) is 6.38. The van der Waals surface area contributed by atoms with Gasteiger partial charge in [-0.1, -0.05) is 12.1 Å². The lowest BCUT2D eigenvalue weighted by atomic mass is 10.1. The van der Waals surface area contributed by atoms with Gasteiger partial charge in [0.25, 0.3) is 5.56 Å². The van der Waals surface area contributed by atoms with Crippen molar-refractivity contribution in [2.45, 2.75) is 20.8 Å². The third-order valence-corrected chi connectivity index (χ3v) is 4.61. The van der Waals surface area contributed by atoms with Crippen molar-refractivity contribution in [1.82, 2.24) is 4.98 Å². The van der Waals surface area contributed by atoms with Gasteiger partial charge in [-0.15, -0.1) is 11.3 Å². The molecule has 0 atom stereocenters. The summed E-state index contributed by atoms with van der Waals surface area (Å²) in [5.41, 5.74) is 2.39. The second-order valence-electron chi connectivity index (χ2n) is 5.35. The minimum atomic E-state index is -0.353. The molecule has 0 bridgehead atoms. The summed E-state index contributed by atoms with van der Waals surface area (Å²) in [6.07, 6.45) is 0. The molecule has 0 saturated heterocycles. The van der Waals surface area contributed by atoms with E-state index in [9.17, 15) is 9.59 Å². The Morgan fingerprint density at radius 2 is 1.87 bits per heavy atom. The van der Waals surface area contributed by atoms with Crippen molar-refractivity contribution in [2.75, 3.05) is 0 Å². The second kappa shape index (κ2) is 5.93. The van der Waals surface area contributed by atoms with Crippen LogP contribution in [0.3, 0.4) is 0 Å². The summed E-state index contributed by atoms with van der Waals surface area (Å²) in [6.45, 7) is 5.15. The number of carbonyl (C=O) groups excluding carboxylic acids is 1. The molecule has 1 heterocycles. The maximum absolute atomic E-state index is 12.2. The number of benzene rings is 2. The molecule has 3 aromatic rings. The number of fused-ring (bicyclic) bond motifs is 1. The normalized spacial score (nSPS) is 10.7. The molecule has 0 fully saturated rings. The number of hydrogen-bond acceptors (Lipinski definition) is 5. The number of nitrogens with zero attached hydrogens (tertiary/aromatic N) is 1. The summed E-state index contributed by atoms with van der Waals surface area (Å²) in [4.78, 5) is 27.6. The molecule has 2 aromatic carbocycles. The highest BCUT2D eigenvalue weighted by atomic mass is 32.1. The van der Waals surface area contributed by atoms with Crippen molar-refractivity contribution in [3.63, 3.8) is 0 Å². The van der Waals surface area contributed by atoms with E-state index in [4.69, 9.17) is 4.74 Å². The number of ether oxygens (including phenoxy) is 1. The Kier molecular flexibility index (Phi) is 3.96. The number of aryl methyl sites for hydroxylation is 2. The summed E-state index contributed by atoms with van der Waals surface area (Å²) < 4.78 is 6.10. The quantitative estimate of drug-likeness (QED) is 0.530. The summed E-state index contributed by atoms with van der Waals surface area (Å²) in [5.74, 6) is 0.181. The van der Waals surface area contributed by atoms with Crippen molar-refractivity contribution < 1.29 is 9.53 Å². The van der Waals surface area contributed by atoms with Gasteiger partial charge in [0.05, 0.1) is 5.39 Å². The van der Waals surface area contributed by atoms with Crippen LogP contribution in [0.4, 0.5) is 0 Å². The minimum Gasteiger partial charge on any atom is -0.426 e. The molecule has 0 radical (unpaired) electrons. The van der Waals surface area contributed by atoms with E-state index in [0.29, 0.717) is 16.1 Å². The molecule has 3 rings (SSSR count). The number of rotatable bonds is 2. The molecule has 0 aliphatic heterocycles. The zero-order valence-corrected chi connectivity index (χ0v) is 13.9. The first-order valence-corrected chi connectivity index (χ1v) is 7.97. The minimum absolute atomic E-state index is 0.226. The van der Waals surface area contributed by atoms with Crippen molar-refractivity contribution >= 4 is 27.4 Å². The molecule has 0 N–H and O–H groups in total. The van der Waals surface area contributed by atoms with E-state index in [1.54, 1.807) is 12.1 Å². The highest BCUT2D eigenvalue weighted by Crippen LogP contribution is 2.32. The van der Waals surface area contributed by atoms with Gasteiger partial charge in [-0.05, 0) is 49.2 Å². The number of hydrogen-bond donors (Lipinski definition) is 0. The van der Waals surface area contributed by atoms with Gasteiger partial charge in [-0.3, -0.25) is 9.59 Å². The van der Waals surface area contributed by atoms with E-state index >= 15 is 0 Å². The zero-order valence-electron chi connectivity index (χ0n) is 13.0. The topological polar surface area (TPSA) is 56.3 Å². The van der Waals surface area contributed by atoms with Crippen molar-refractivity contribution in [1.29, 1.82) is 0 Å². The third kappa shape index (κ3) is 3.00. The highest BCUT2D eigenvalue weighted by molar-refractivity contribution is 7.21. The molecular weight excluding hydrogens is 310 g/mol. The fraction of sp³-hybridized carbons (Fsp3) is 0.167. The summed E-state index contributed by atoms with van der Waals surface area (Å²) >= 11 is 1.48. The van der Waals surface area contributed by atoms with Gasteiger partial charge in [0.15, 0.2) is 0 Å². The Morgan fingerprint density at radius 1 is 1.13 bits per heavy atom. The number of carbonyl (C=O) groups is 1. The Hall–Kier alpha value is -2.53. The van der Waals surface area contributed by atoms with Crippen LogP contribution < -0.4 is 10.3 Å². The molecule has 5 heteroatoms. The van der Waals surface area contributed by atoms with Crippen LogP contribution in [-0.4, -0.2) is 11.0 Å².